The Morgan fingerprint density at radius 3 is 2.60 bits per heavy atom. The van der Waals surface area contributed by atoms with Gasteiger partial charge in [-0.3, -0.25) is 0 Å². The first-order valence-electron chi connectivity index (χ1n) is 6.44. The molecular formula is C15H18ClN3O. The average molecular weight is 292 g/mol. The second kappa shape index (κ2) is 6.68. The summed E-state index contributed by atoms with van der Waals surface area (Å²) >= 11 is 5.99. The van der Waals surface area contributed by atoms with Crippen molar-refractivity contribution in [3.05, 3.63) is 52.4 Å². The van der Waals surface area contributed by atoms with Gasteiger partial charge >= 0.3 is 0 Å². The standard InChI is InChI=1S/C15H18ClN3O/c1-10-4-6-12(7-5-10)11(2)17-14-8-13(16)18-15(19-14)9-20-3/h4-8,11H,9H2,1-3H3,(H,17,18,19). The first-order valence-corrected chi connectivity index (χ1v) is 6.82. The van der Waals surface area contributed by atoms with Crippen molar-refractivity contribution in [2.45, 2.75) is 26.5 Å². The molecule has 4 nitrogen and oxygen atoms in total. The fourth-order valence-corrected chi connectivity index (χ4v) is 2.09. The van der Waals surface area contributed by atoms with Crippen LogP contribution >= 0.6 is 11.6 Å². The van der Waals surface area contributed by atoms with E-state index in [2.05, 4.69) is 53.4 Å². The van der Waals surface area contributed by atoms with Crippen molar-refractivity contribution in [3.63, 3.8) is 0 Å². The zero-order chi connectivity index (χ0) is 14.5. The molecule has 0 saturated heterocycles. The summed E-state index contributed by atoms with van der Waals surface area (Å²) in [6.45, 7) is 4.49. The Bertz CT molecular complexity index is 572. The van der Waals surface area contributed by atoms with E-state index < -0.39 is 0 Å². The average Bonchev–Trinajstić information content (AvgIpc) is 2.39. The van der Waals surface area contributed by atoms with E-state index in [4.69, 9.17) is 16.3 Å². The maximum atomic E-state index is 5.99. The molecule has 0 amide bonds. The molecule has 1 N–H and O–H groups in total. The van der Waals surface area contributed by atoms with Crippen molar-refractivity contribution in [1.29, 1.82) is 0 Å². The minimum absolute atomic E-state index is 0.136. The second-order valence-electron chi connectivity index (χ2n) is 4.70. The number of aromatic nitrogens is 2. The largest absolute Gasteiger partial charge is 0.377 e. The lowest BCUT2D eigenvalue weighted by Gasteiger charge is -2.15. The van der Waals surface area contributed by atoms with Gasteiger partial charge in [0.05, 0.1) is 0 Å². The quantitative estimate of drug-likeness (QED) is 0.852. The number of aryl methyl sites for hydroxylation is 1. The summed E-state index contributed by atoms with van der Waals surface area (Å²) < 4.78 is 5.03. The molecular weight excluding hydrogens is 274 g/mol. The summed E-state index contributed by atoms with van der Waals surface area (Å²) in [5, 5.41) is 3.73. The zero-order valence-corrected chi connectivity index (χ0v) is 12.6. The molecule has 2 rings (SSSR count). The monoisotopic (exact) mass is 291 g/mol. The van der Waals surface area contributed by atoms with Crippen molar-refractivity contribution in [1.82, 2.24) is 9.97 Å². The van der Waals surface area contributed by atoms with Crippen LogP contribution in [0.4, 0.5) is 5.82 Å². The van der Waals surface area contributed by atoms with Crippen LogP contribution in [0.1, 0.15) is 29.9 Å². The Morgan fingerprint density at radius 2 is 1.95 bits per heavy atom. The third-order valence-corrected chi connectivity index (χ3v) is 3.15. The van der Waals surface area contributed by atoms with Gasteiger partial charge in [-0.1, -0.05) is 41.4 Å². The highest BCUT2D eigenvalue weighted by molar-refractivity contribution is 6.29. The molecule has 0 fully saturated rings. The van der Waals surface area contributed by atoms with E-state index in [0.717, 1.165) is 0 Å². The molecule has 5 heteroatoms. The van der Waals surface area contributed by atoms with Crippen LogP contribution in [0, 0.1) is 6.92 Å². The minimum atomic E-state index is 0.136. The molecule has 2 aromatic rings. The van der Waals surface area contributed by atoms with E-state index in [1.54, 1.807) is 13.2 Å². The summed E-state index contributed by atoms with van der Waals surface area (Å²) in [6, 6.07) is 10.2. The normalized spacial score (nSPS) is 12.2. The molecule has 1 unspecified atom stereocenters. The smallest absolute Gasteiger partial charge is 0.158 e. The molecule has 0 aliphatic carbocycles. The Kier molecular flexibility index (Phi) is 4.93. The lowest BCUT2D eigenvalue weighted by atomic mass is 10.1. The molecule has 106 valence electrons. The van der Waals surface area contributed by atoms with Crippen LogP contribution in [0.15, 0.2) is 30.3 Å². The number of halogens is 1. The number of hydrogen-bond donors (Lipinski definition) is 1. The van der Waals surface area contributed by atoms with Crippen LogP contribution in [0.3, 0.4) is 0 Å². The second-order valence-corrected chi connectivity index (χ2v) is 5.09. The summed E-state index contributed by atoms with van der Waals surface area (Å²) in [5.74, 6) is 1.27. The van der Waals surface area contributed by atoms with E-state index in [0.29, 0.717) is 23.4 Å². The predicted octanol–water partition coefficient (Wildman–Crippen LogP) is 3.76. The predicted molar refractivity (Wildman–Crippen MR) is 81.0 cm³/mol. The van der Waals surface area contributed by atoms with Gasteiger partial charge in [0.15, 0.2) is 5.82 Å². The maximum absolute atomic E-state index is 5.99. The van der Waals surface area contributed by atoms with E-state index in [-0.39, 0.29) is 6.04 Å². The number of methoxy groups -OCH3 is 1. The van der Waals surface area contributed by atoms with Crippen LogP contribution in [-0.4, -0.2) is 17.1 Å². The minimum Gasteiger partial charge on any atom is -0.377 e. The molecule has 1 aromatic carbocycles. The van der Waals surface area contributed by atoms with Gasteiger partial charge in [0.2, 0.25) is 0 Å². The summed E-state index contributed by atoms with van der Waals surface area (Å²) in [5.41, 5.74) is 2.44. The van der Waals surface area contributed by atoms with Gasteiger partial charge in [-0.2, -0.15) is 0 Å². The topological polar surface area (TPSA) is 47.0 Å². The summed E-state index contributed by atoms with van der Waals surface area (Å²) in [7, 11) is 1.60. The van der Waals surface area contributed by atoms with Gasteiger partial charge in [-0.25, -0.2) is 9.97 Å². The van der Waals surface area contributed by atoms with E-state index in [1.165, 1.54) is 11.1 Å². The van der Waals surface area contributed by atoms with E-state index in [1.807, 2.05) is 0 Å². The number of nitrogens with one attached hydrogen (secondary N) is 1. The van der Waals surface area contributed by atoms with E-state index in [9.17, 15) is 0 Å². The fourth-order valence-electron chi connectivity index (χ4n) is 1.89. The molecule has 0 saturated carbocycles. The van der Waals surface area contributed by atoms with Gasteiger partial charge in [-0.15, -0.1) is 0 Å². The number of anilines is 1. The lowest BCUT2D eigenvalue weighted by molar-refractivity contribution is 0.178. The highest BCUT2D eigenvalue weighted by Gasteiger charge is 2.08. The Morgan fingerprint density at radius 1 is 1.25 bits per heavy atom. The SMILES string of the molecule is COCc1nc(Cl)cc(NC(C)c2ccc(C)cc2)n1. The van der Waals surface area contributed by atoms with Crippen molar-refractivity contribution >= 4 is 17.4 Å². The third-order valence-electron chi connectivity index (χ3n) is 2.96. The molecule has 1 aromatic heterocycles. The first kappa shape index (κ1) is 14.8. The number of hydrogen-bond acceptors (Lipinski definition) is 4. The molecule has 1 atom stereocenters. The zero-order valence-electron chi connectivity index (χ0n) is 11.9. The lowest BCUT2D eigenvalue weighted by Crippen LogP contribution is -2.10. The van der Waals surface area contributed by atoms with Crippen LogP contribution in [-0.2, 0) is 11.3 Å². The van der Waals surface area contributed by atoms with Crippen LogP contribution < -0.4 is 5.32 Å². The molecule has 1 heterocycles. The molecule has 0 aliphatic heterocycles. The molecule has 0 radical (unpaired) electrons. The molecule has 0 aliphatic rings. The molecule has 20 heavy (non-hydrogen) atoms. The highest BCUT2D eigenvalue weighted by Crippen LogP contribution is 2.20. The van der Waals surface area contributed by atoms with Gasteiger partial charge in [0.25, 0.3) is 0 Å². The Labute approximate surface area is 124 Å². The van der Waals surface area contributed by atoms with Gasteiger partial charge in [0, 0.05) is 19.2 Å². The Balaban J connectivity index is 2.14. The van der Waals surface area contributed by atoms with Gasteiger partial charge < -0.3 is 10.1 Å². The van der Waals surface area contributed by atoms with Crippen LogP contribution in [0.2, 0.25) is 5.15 Å². The van der Waals surface area contributed by atoms with Gasteiger partial charge in [0.1, 0.15) is 17.6 Å². The maximum Gasteiger partial charge on any atom is 0.158 e. The fraction of sp³-hybridized carbons (Fsp3) is 0.333. The highest BCUT2D eigenvalue weighted by atomic mass is 35.5. The van der Waals surface area contributed by atoms with Crippen molar-refractivity contribution in [2.75, 3.05) is 12.4 Å². The Hall–Kier alpha value is -1.65. The van der Waals surface area contributed by atoms with Crippen molar-refractivity contribution in [2.24, 2.45) is 0 Å². The molecule has 0 spiro atoms. The van der Waals surface area contributed by atoms with E-state index >= 15 is 0 Å². The van der Waals surface area contributed by atoms with Crippen LogP contribution in [0.25, 0.3) is 0 Å². The number of benzene rings is 1. The van der Waals surface area contributed by atoms with Gasteiger partial charge in [-0.05, 0) is 19.4 Å². The van der Waals surface area contributed by atoms with Crippen LogP contribution in [0.5, 0.6) is 0 Å². The number of rotatable bonds is 5. The summed E-state index contributed by atoms with van der Waals surface area (Å²) in [6.07, 6.45) is 0. The number of nitrogens with zero attached hydrogens (tertiary/aromatic N) is 2. The summed E-state index contributed by atoms with van der Waals surface area (Å²) in [4.78, 5) is 8.48. The van der Waals surface area contributed by atoms with Crippen molar-refractivity contribution < 1.29 is 4.74 Å². The van der Waals surface area contributed by atoms with Crippen molar-refractivity contribution in [3.8, 4) is 0 Å². The number of ether oxygens (including phenoxy) is 1. The first-order chi connectivity index (χ1) is 9.58. The molecule has 0 bridgehead atoms. The third kappa shape index (κ3) is 3.92.